The summed E-state index contributed by atoms with van der Waals surface area (Å²) in [5, 5.41) is 4.08. The van der Waals surface area contributed by atoms with Crippen LogP contribution in [0.25, 0.3) is 11.6 Å². The molecular weight excluding hydrogens is 344 g/mol. The van der Waals surface area contributed by atoms with Crippen LogP contribution in [0.5, 0.6) is 0 Å². The number of aryl methyl sites for hydroxylation is 1. The van der Waals surface area contributed by atoms with Crippen molar-refractivity contribution in [3.63, 3.8) is 0 Å². The van der Waals surface area contributed by atoms with Gasteiger partial charge in [-0.05, 0) is 50.2 Å². The van der Waals surface area contributed by atoms with Gasteiger partial charge < -0.3 is 14.2 Å². The topological polar surface area (TPSA) is 81.4 Å². The summed E-state index contributed by atoms with van der Waals surface area (Å²) < 4.78 is 10.7. The van der Waals surface area contributed by atoms with Crippen molar-refractivity contribution < 1.29 is 14.1 Å². The molecule has 7 nitrogen and oxygen atoms in total. The molecule has 0 saturated carbocycles. The monoisotopic (exact) mass is 370 g/mol. The van der Waals surface area contributed by atoms with Crippen LogP contribution in [0.2, 0.25) is 0 Å². The Morgan fingerprint density at radius 1 is 1.22 bits per heavy atom. The molecule has 0 aromatic carbocycles. The van der Waals surface area contributed by atoms with Crippen molar-refractivity contribution in [2.45, 2.75) is 38.5 Å². The zero-order valence-electron chi connectivity index (χ0n) is 15.5. The fourth-order valence-electron chi connectivity index (χ4n) is 3.99. The summed E-state index contributed by atoms with van der Waals surface area (Å²) in [6.45, 7) is 3.16. The Labute approximate surface area is 159 Å². The van der Waals surface area contributed by atoms with Gasteiger partial charge in [-0.3, -0.25) is 9.78 Å². The van der Waals surface area contributed by atoms with E-state index in [1.807, 2.05) is 18.2 Å². The SMILES string of the molecule is O=C(C1CCOCC1)N1CCCC(CCc2noc(-c3ccccn3)n2)C1. The van der Waals surface area contributed by atoms with E-state index in [0.29, 0.717) is 42.4 Å². The first kappa shape index (κ1) is 18.1. The number of piperidine rings is 1. The van der Waals surface area contributed by atoms with Crippen molar-refractivity contribution in [1.82, 2.24) is 20.0 Å². The minimum atomic E-state index is 0.149. The van der Waals surface area contributed by atoms with E-state index in [1.54, 1.807) is 6.20 Å². The lowest BCUT2D eigenvalue weighted by Crippen LogP contribution is -2.44. The van der Waals surface area contributed by atoms with E-state index < -0.39 is 0 Å². The number of pyridine rings is 1. The lowest BCUT2D eigenvalue weighted by Gasteiger charge is -2.35. The number of likely N-dealkylation sites (tertiary alicyclic amines) is 1. The molecule has 0 spiro atoms. The number of carbonyl (C=O) groups is 1. The second-order valence-electron chi connectivity index (χ2n) is 7.45. The molecule has 1 amide bonds. The minimum absolute atomic E-state index is 0.149. The predicted octanol–water partition coefficient (Wildman–Crippen LogP) is 2.73. The van der Waals surface area contributed by atoms with Gasteiger partial charge in [0.1, 0.15) is 5.69 Å². The van der Waals surface area contributed by atoms with Gasteiger partial charge in [-0.25, -0.2) is 0 Å². The fourth-order valence-corrected chi connectivity index (χ4v) is 3.99. The summed E-state index contributed by atoms with van der Waals surface area (Å²) >= 11 is 0. The zero-order chi connectivity index (χ0) is 18.5. The maximum atomic E-state index is 12.8. The van der Waals surface area contributed by atoms with E-state index in [0.717, 1.165) is 51.6 Å². The maximum Gasteiger partial charge on any atom is 0.276 e. The lowest BCUT2D eigenvalue weighted by atomic mass is 9.91. The van der Waals surface area contributed by atoms with Gasteiger partial charge >= 0.3 is 0 Å². The predicted molar refractivity (Wildman–Crippen MR) is 98.7 cm³/mol. The third-order valence-corrected chi connectivity index (χ3v) is 5.53. The molecule has 27 heavy (non-hydrogen) atoms. The van der Waals surface area contributed by atoms with Crippen LogP contribution in [0.15, 0.2) is 28.9 Å². The number of hydrogen-bond donors (Lipinski definition) is 0. The summed E-state index contributed by atoms with van der Waals surface area (Å²) in [4.78, 5) is 23.5. The summed E-state index contributed by atoms with van der Waals surface area (Å²) in [5.74, 6) is 2.14. The molecule has 4 heterocycles. The fraction of sp³-hybridized carbons (Fsp3) is 0.600. The Morgan fingerprint density at radius 3 is 2.93 bits per heavy atom. The van der Waals surface area contributed by atoms with Gasteiger partial charge in [-0.1, -0.05) is 11.2 Å². The van der Waals surface area contributed by atoms with Crippen LogP contribution in [-0.2, 0) is 16.0 Å². The first-order chi connectivity index (χ1) is 13.3. The summed E-state index contributed by atoms with van der Waals surface area (Å²) in [6, 6.07) is 5.62. The maximum absolute atomic E-state index is 12.8. The summed E-state index contributed by atoms with van der Waals surface area (Å²) in [5.41, 5.74) is 0.696. The highest BCUT2D eigenvalue weighted by Gasteiger charge is 2.30. The molecule has 2 saturated heterocycles. The molecule has 0 N–H and O–H groups in total. The second-order valence-corrected chi connectivity index (χ2v) is 7.45. The molecule has 1 unspecified atom stereocenters. The number of ether oxygens (including phenoxy) is 1. The molecule has 7 heteroatoms. The average Bonchev–Trinajstić information content (AvgIpc) is 3.22. The van der Waals surface area contributed by atoms with Crippen LogP contribution in [0.4, 0.5) is 0 Å². The summed E-state index contributed by atoms with van der Waals surface area (Å²) in [7, 11) is 0. The molecule has 2 aliphatic rings. The van der Waals surface area contributed by atoms with E-state index in [9.17, 15) is 4.79 Å². The third kappa shape index (κ3) is 4.53. The van der Waals surface area contributed by atoms with E-state index >= 15 is 0 Å². The number of rotatable bonds is 5. The second kappa shape index (κ2) is 8.61. The van der Waals surface area contributed by atoms with Crippen molar-refractivity contribution in [3.8, 4) is 11.6 Å². The number of amides is 1. The van der Waals surface area contributed by atoms with Gasteiger partial charge in [0.2, 0.25) is 5.91 Å². The molecule has 0 radical (unpaired) electrons. The normalized spacial score (nSPS) is 21.3. The molecule has 144 valence electrons. The van der Waals surface area contributed by atoms with Gasteiger partial charge in [0, 0.05) is 44.8 Å². The Kier molecular flexibility index (Phi) is 5.77. The molecule has 4 rings (SSSR count). The highest BCUT2D eigenvalue weighted by atomic mass is 16.5. The molecule has 1 atom stereocenters. The lowest BCUT2D eigenvalue weighted by molar-refractivity contribution is -0.140. The standard InChI is InChI=1S/C20H26N4O3/c25-20(16-8-12-26-13-9-16)24-11-3-4-15(14-24)6-7-18-22-19(27-23-18)17-5-1-2-10-21-17/h1-2,5,10,15-16H,3-4,6-9,11-14H2. The molecule has 0 aliphatic carbocycles. The molecule has 2 aliphatic heterocycles. The number of carbonyl (C=O) groups excluding carboxylic acids is 1. The van der Waals surface area contributed by atoms with E-state index in [-0.39, 0.29) is 5.92 Å². The number of nitrogens with zero attached hydrogens (tertiary/aromatic N) is 4. The van der Waals surface area contributed by atoms with Gasteiger partial charge in [0.25, 0.3) is 5.89 Å². The quantitative estimate of drug-likeness (QED) is 0.805. The zero-order valence-corrected chi connectivity index (χ0v) is 15.5. The third-order valence-electron chi connectivity index (χ3n) is 5.53. The largest absolute Gasteiger partial charge is 0.381 e. The van der Waals surface area contributed by atoms with E-state index in [2.05, 4.69) is 20.0 Å². The first-order valence-electron chi connectivity index (χ1n) is 9.90. The Bertz CT molecular complexity index is 743. The summed E-state index contributed by atoms with van der Waals surface area (Å²) in [6.07, 6.45) is 7.40. The Morgan fingerprint density at radius 2 is 2.11 bits per heavy atom. The average molecular weight is 370 g/mol. The van der Waals surface area contributed by atoms with Gasteiger partial charge in [0.15, 0.2) is 5.82 Å². The van der Waals surface area contributed by atoms with E-state index in [1.165, 1.54) is 0 Å². The van der Waals surface area contributed by atoms with Gasteiger partial charge in [-0.2, -0.15) is 4.98 Å². The van der Waals surface area contributed by atoms with Crippen molar-refractivity contribution in [1.29, 1.82) is 0 Å². The van der Waals surface area contributed by atoms with Crippen LogP contribution in [0.1, 0.15) is 37.9 Å². The van der Waals surface area contributed by atoms with Crippen molar-refractivity contribution in [2.75, 3.05) is 26.3 Å². The highest BCUT2D eigenvalue weighted by molar-refractivity contribution is 5.79. The Balaban J connectivity index is 1.29. The smallest absolute Gasteiger partial charge is 0.276 e. The van der Waals surface area contributed by atoms with Gasteiger partial charge in [0.05, 0.1) is 0 Å². The Hall–Kier alpha value is -2.28. The highest BCUT2D eigenvalue weighted by Crippen LogP contribution is 2.25. The molecular formula is C20H26N4O3. The molecule has 2 aromatic heterocycles. The number of hydrogen-bond acceptors (Lipinski definition) is 6. The number of aromatic nitrogens is 3. The first-order valence-corrected chi connectivity index (χ1v) is 9.90. The molecule has 2 aromatic rings. The molecule has 2 fully saturated rings. The van der Waals surface area contributed by atoms with Crippen LogP contribution >= 0.6 is 0 Å². The van der Waals surface area contributed by atoms with Crippen molar-refractivity contribution in [3.05, 3.63) is 30.2 Å². The van der Waals surface area contributed by atoms with Crippen LogP contribution < -0.4 is 0 Å². The van der Waals surface area contributed by atoms with Crippen molar-refractivity contribution >= 4 is 5.91 Å². The van der Waals surface area contributed by atoms with E-state index in [4.69, 9.17) is 9.26 Å². The van der Waals surface area contributed by atoms with Crippen LogP contribution in [-0.4, -0.2) is 52.2 Å². The van der Waals surface area contributed by atoms with Crippen LogP contribution in [0, 0.1) is 11.8 Å². The minimum Gasteiger partial charge on any atom is -0.381 e. The van der Waals surface area contributed by atoms with Gasteiger partial charge in [-0.15, -0.1) is 0 Å². The van der Waals surface area contributed by atoms with Crippen LogP contribution in [0.3, 0.4) is 0 Å². The molecule has 0 bridgehead atoms. The van der Waals surface area contributed by atoms with Crippen molar-refractivity contribution in [2.24, 2.45) is 11.8 Å².